The second kappa shape index (κ2) is 6.67. The molecule has 12 heteroatoms. The summed E-state index contributed by atoms with van der Waals surface area (Å²) in [5, 5.41) is 8.91. The lowest BCUT2D eigenvalue weighted by molar-refractivity contribution is 1.12. The van der Waals surface area contributed by atoms with Crippen LogP contribution in [-0.4, -0.2) is 35.2 Å². The minimum atomic E-state index is -0.670. The Hall–Kier alpha value is 1.81. The van der Waals surface area contributed by atoms with Crippen molar-refractivity contribution < 1.29 is 0 Å². The minimum Gasteiger partial charge on any atom is -0.367 e. The van der Waals surface area contributed by atoms with Gasteiger partial charge in [-0.25, -0.2) is 0 Å². The maximum Gasteiger partial charge on any atom is 0.320 e. The lowest BCUT2D eigenvalue weighted by atomic mass is 9.51. The molecule has 1 saturated heterocycles. The van der Waals surface area contributed by atoms with E-state index in [1.165, 1.54) is 0 Å². The van der Waals surface area contributed by atoms with Gasteiger partial charge in [-0.1, -0.05) is 0 Å². The van der Waals surface area contributed by atoms with Crippen molar-refractivity contribution in [2.24, 2.45) is 0 Å². The van der Waals surface area contributed by atoms with Gasteiger partial charge in [0.15, 0.2) is 0 Å². The third-order valence-corrected chi connectivity index (χ3v) is 3.35. The minimum absolute atomic E-state index is 0.385. The molecule has 3 N–H and O–H groups in total. The maximum atomic E-state index is 5.74. The van der Waals surface area contributed by atoms with Crippen LogP contribution in [0.2, 0.25) is 0 Å². The topological polar surface area (TPSA) is 36.1 Å². The van der Waals surface area contributed by atoms with Gasteiger partial charge in [-0.05, 0) is 0 Å². The van der Waals surface area contributed by atoms with Crippen molar-refractivity contribution in [3.05, 3.63) is 0 Å². The number of halogens is 6. The number of hydrogen-bond acceptors (Lipinski definition) is 3. The normalized spacial score (nSPS) is 18.6. The van der Waals surface area contributed by atoms with E-state index in [9.17, 15) is 0 Å². The molecular weight excluding hydrogens is 323 g/mol. The summed E-state index contributed by atoms with van der Waals surface area (Å²) >= 11 is 34.4. The van der Waals surface area contributed by atoms with E-state index in [1.54, 1.807) is 0 Å². The zero-order valence-corrected chi connectivity index (χ0v) is 11.8. The molecule has 0 aromatic carbocycles. The van der Waals surface area contributed by atoms with Crippen molar-refractivity contribution in [1.82, 2.24) is 15.4 Å². The van der Waals surface area contributed by atoms with Crippen LogP contribution in [0.5, 0.6) is 0 Å². The third-order valence-electron chi connectivity index (χ3n) is 1.83. The van der Waals surface area contributed by atoms with Crippen LogP contribution in [-0.2, 0) is 0 Å². The van der Waals surface area contributed by atoms with Crippen LogP contribution in [0.1, 0.15) is 0 Å². The molecule has 3 nitrogen and oxygen atoms in total. The fraction of sp³-hybridized carbons (Fsp3) is 1.00. The molecule has 1 aliphatic rings. The smallest absolute Gasteiger partial charge is 0.320 e. The highest BCUT2D eigenvalue weighted by Crippen LogP contribution is 2.13. The zero-order chi connectivity index (χ0) is 11.6. The molecule has 0 saturated carbocycles. The molecule has 0 aliphatic carbocycles. The van der Waals surface area contributed by atoms with Gasteiger partial charge in [0.2, 0.25) is 0 Å². The van der Waals surface area contributed by atoms with Crippen LogP contribution in [0.15, 0.2) is 0 Å². The molecule has 15 heavy (non-hydrogen) atoms. The average molecular weight is 329 g/mol. The Kier molecular flexibility index (Phi) is 6.61. The van der Waals surface area contributed by atoms with Crippen LogP contribution < -0.4 is 15.4 Å². The Morgan fingerprint density at radius 3 is 0.867 bits per heavy atom. The predicted molar refractivity (Wildman–Crippen MR) is 73.2 cm³/mol. The highest BCUT2D eigenvalue weighted by molar-refractivity contribution is 7.00. The van der Waals surface area contributed by atoms with Gasteiger partial charge in [-0.3, -0.25) is 0 Å². The molecule has 0 aromatic rings. The molecule has 1 heterocycles. The van der Waals surface area contributed by atoms with Gasteiger partial charge in [0.05, 0.1) is 0 Å². The van der Waals surface area contributed by atoms with Crippen LogP contribution in [0.4, 0.5) is 0 Å². The fourth-order valence-electron chi connectivity index (χ4n) is 1.16. The van der Waals surface area contributed by atoms with Crippen LogP contribution in [0, 0.1) is 0 Å². The summed E-state index contributed by atoms with van der Waals surface area (Å²) in [6.07, 6.45) is 0. The highest BCUT2D eigenvalue weighted by atomic mass is 35.5. The molecular formula is C3H6B3Cl6N3. The first-order valence-corrected chi connectivity index (χ1v) is 6.66. The van der Waals surface area contributed by atoms with Gasteiger partial charge in [0, 0.05) is 0 Å². The summed E-state index contributed by atoms with van der Waals surface area (Å²) in [7, 11) is 0. The zero-order valence-electron chi connectivity index (χ0n) is 7.23. The van der Waals surface area contributed by atoms with E-state index in [2.05, 4.69) is 15.4 Å². The first kappa shape index (κ1) is 14.9. The van der Waals surface area contributed by atoms with Gasteiger partial charge in [0.25, 0.3) is 0 Å². The van der Waals surface area contributed by atoms with E-state index in [0.717, 1.165) is 0 Å². The van der Waals surface area contributed by atoms with Crippen molar-refractivity contribution in [2.75, 3.05) is 0 Å². The summed E-state index contributed by atoms with van der Waals surface area (Å²) in [6, 6.07) is 0. The maximum absolute atomic E-state index is 5.74. The number of hydrogen-bond donors (Lipinski definition) is 3. The first-order chi connectivity index (χ1) is 6.91. The molecule has 0 amide bonds. The van der Waals surface area contributed by atoms with Gasteiger partial charge in [-0.2, -0.15) is 0 Å². The second-order valence-electron chi connectivity index (χ2n) is 2.94. The Bertz CT molecular complexity index is 168. The van der Waals surface area contributed by atoms with Crippen LogP contribution in [0.25, 0.3) is 0 Å². The molecule has 84 valence electrons. The second-order valence-corrected chi connectivity index (χ2v) is 6.43. The molecule has 1 aliphatic heterocycles. The monoisotopic (exact) mass is 327 g/mol. The van der Waals surface area contributed by atoms with Crippen molar-refractivity contribution in [3.8, 4) is 0 Å². The fourth-order valence-corrected chi connectivity index (χ4v) is 2.03. The summed E-state index contributed by atoms with van der Waals surface area (Å²) in [5.41, 5.74) is 0. The van der Waals surface area contributed by atoms with Gasteiger partial charge >= 0.3 is 20.9 Å². The Morgan fingerprint density at radius 1 is 0.533 bits per heavy atom. The van der Waals surface area contributed by atoms with Crippen molar-refractivity contribution >= 4 is 90.6 Å². The predicted octanol–water partition coefficient (Wildman–Crippen LogP) is 1.26. The van der Waals surface area contributed by atoms with Crippen molar-refractivity contribution in [1.29, 1.82) is 0 Å². The van der Waals surface area contributed by atoms with E-state index >= 15 is 0 Å². The first-order valence-electron chi connectivity index (χ1n) is 4.04. The summed E-state index contributed by atoms with van der Waals surface area (Å²) in [4.78, 5) is 0. The summed E-state index contributed by atoms with van der Waals surface area (Å²) < 4.78 is -2.01. The quantitative estimate of drug-likeness (QED) is 0.539. The Balaban J connectivity index is 2.64. The largest absolute Gasteiger partial charge is 0.367 e. The number of alkyl halides is 6. The molecule has 1 rings (SSSR count). The number of nitrogens with one attached hydrogen (secondary N) is 3. The van der Waals surface area contributed by atoms with Crippen LogP contribution >= 0.6 is 69.6 Å². The highest BCUT2D eigenvalue weighted by Gasteiger charge is 2.43. The lowest BCUT2D eigenvalue weighted by Gasteiger charge is -2.34. The van der Waals surface area contributed by atoms with Gasteiger partial charge < -0.3 is 15.4 Å². The molecule has 0 atom stereocenters. The molecule has 1 fully saturated rings. The van der Waals surface area contributed by atoms with Gasteiger partial charge in [-0.15, -0.1) is 69.6 Å². The molecule has 0 bridgehead atoms. The average Bonchev–Trinajstić information content (AvgIpc) is 2.16. The number of rotatable bonds is 3. The SMILES string of the molecule is ClC(Cl)B1NB(C(Cl)Cl)NB(C(Cl)Cl)N1. The van der Waals surface area contributed by atoms with Crippen LogP contribution in [0.3, 0.4) is 0 Å². The summed E-state index contributed by atoms with van der Waals surface area (Å²) in [5.74, 6) is 0. The molecule has 0 unspecified atom stereocenters. The van der Waals surface area contributed by atoms with Crippen molar-refractivity contribution in [2.45, 2.75) is 14.2 Å². The van der Waals surface area contributed by atoms with E-state index in [1.807, 2.05) is 0 Å². The van der Waals surface area contributed by atoms with E-state index in [4.69, 9.17) is 69.6 Å². The molecule has 0 aromatic heterocycles. The molecule has 0 spiro atoms. The standard InChI is InChI=1S/C3H6B3Cl6N3/c7-1(8)4-13-5(2(9)10)15-6(14-4)3(11)12/h1-3,13-15H. The van der Waals surface area contributed by atoms with E-state index in [0.29, 0.717) is 0 Å². The Morgan fingerprint density at radius 2 is 0.733 bits per heavy atom. The van der Waals surface area contributed by atoms with E-state index < -0.39 is 14.2 Å². The Labute approximate surface area is 120 Å². The third kappa shape index (κ3) is 4.53. The van der Waals surface area contributed by atoms with Crippen molar-refractivity contribution in [3.63, 3.8) is 0 Å². The van der Waals surface area contributed by atoms with E-state index in [-0.39, 0.29) is 20.9 Å². The molecule has 0 radical (unpaired) electrons. The lowest BCUT2D eigenvalue weighted by Crippen LogP contribution is -2.79. The van der Waals surface area contributed by atoms with Gasteiger partial charge in [0.1, 0.15) is 14.2 Å². The summed E-state index contributed by atoms with van der Waals surface area (Å²) in [6.45, 7) is -1.15.